The molecule has 1 saturated heterocycles. The standard InChI is InChI=1S/C31H30N2O5/c1-2-16-38-31(37)22-11-9-20(10-12-22)19-33-27(25-8-5-15-32-18-25)26(29(35)30(33)36)28(34)24-14-13-21-6-3-4-7-23(21)17-24/h5,8-15,17-18,27,34H,2-4,6-7,16,19H2,1H3/b28-26-. The third-order valence-electron chi connectivity index (χ3n) is 7.14. The van der Waals surface area contributed by atoms with Gasteiger partial charge in [-0.2, -0.15) is 0 Å². The lowest BCUT2D eigenvalue weighted by atomic mass is 9.89. The number of hydrogen-bond acceptors (Lipinski definition) is 6. The highest BCUT2D eigenvalue weighted by Crippen LogP contribution is 2.40. The maximum absolute atomic E-state index is 13.3. The van der Waals surface area contributed by atoms with Gasteiger partial charge in [0.1, 0.15) is 5.76 Å². The van der Waals surface area contributed by atoms with Crippen LogP contribution >= 0.6 is 0 Å². The molecule has 1 aliphatic heterocycles. The Hall–Kier alpha value is -4.26. The molecule has 1 atom stereocenters. The van der Waals surface area contributed by atoms with Gasteiger partial charge >= 0.3 is 5.97 Å². The number of Topliss-reactive ketones (excluding diaryl/α,β-unsaturated/α-hetero) is 1. The number of likely N-dealkylation sites (tertiary alicyclic amines) is 1. The molecular weight excluding hydrogens is 480 g/mol. The van der Waals surface area contributed by atoms with E-state index in [1.54, 1.807) is 48.8 Å². The molecule has 0 bridgehead atoms. The smallest absolute Gasteiger partial charge is 0.338 e. The Labute approximate surface area is 221 Å². The largest absolute Gasteiger partial charge is 0.507 e. The van der Waals surface area contributed by atoms with Crippen LogP contribution in [0.25, 0.3) is 5.76 Å². The fourth-order valence-corrected chi connectivity index (χ4v) is 5.18. The fraction of sp³-hybridized carbons (Fsp3) is 0.290. The average molecular weight is 511 g/mol. The number of amides is 1. The van der Waals surface area contributed by atoms with Gasteiger partial charge in [-0.3, -0.25) is 14.6 Å². The van der Waals surface area contributed by atoms with Crippen molar-refractivity contribution in [3.8, 4) is 0 Å². The third kappa shape index (κ3) is 4.96. The Bertz CT molecular complexity index is 1400. The van der Waals surface area contributed by atoms with Crippen LogP contribution in [0.2, 0.25) is 0 Å². The van der Waals surface area contributed by atoms with E-state index in [4.69, 9.17) is 4.74 Å². The molecule has 1 aliphatic carbocycles. The van der Waals surface area contributed by atoms with Gasteiger partial charge in [-0.15, -0.1) is 0 Å². The van der Waals surface area contributed by atoms with Gasteiger partial charge in [0.2, 0.25) is 0 Å². The number of aryl methyl sites for hydroxylation is 2. The maximum atomic E-state index is 13.3. The highest BCUT2D eigenvalue weighted by atomic mass is 16.5. The topological polar surface area (TPSA) is 96.8 Å². The molecule has 1 N–H and O–H groups in total. The van der Waals surface area contributed by atoms with E-state index >= 15 is 0 Å². The number of fused-ring (bicyclic) bond motifs is 1. The summed E-state index contributed by atoms with van der Waals surface area (Å²) in [6.45, 7) is 2.39. The van der Waals surface area contributed by atoms with Gasteiger partial charge in [0.25, 0.3) is 11.7 Å². The number of aliphatic hydroxyl groups excluding tert-OH is 1. The second-order valence-corrected chi connectivity index (χ2v) is 9.74. The molecule has 1 aromatic heterocycles. The molecular formula is C31H30N2O5. The number of aliphatic hydroxyl groups is 1. The molecule has 7 heteroatoms. The molecule has 2 aromatic carbocycles. The minimum atomic E-state index is -0.797. The van der Waals surface area contributed by atoms with Gasteiger partial charge in [-0.25, -0.2) is 4.79 Å². The fourth-order valence-electron chi connectivity index (χ4n) is 5.18. The summed E-state index contributed by atoms with van der Waals surface area (Å²) in [6, 6.07) is 15.3. The van der Waals surface area contributed by atoms with E-state index in [1.807, 2.05) is 25.1 Å². The van der Waals surface area contributed by atoms with Crippen molar-refractivity contribution in [1.82, 2.24) is 9.88 Å². The zero-order valence-electron chi connectivity index (χ0n) is 21.4. The van der Waals surface area contributed by atoms with Crippen LogP contribution in [0.5, 0.6) is 0 Å². The summed E-state index contributed by atoms with van der Waals surface area (Å²) >= 11 is 0. The molecule has 7 nitrogen and oxygen atoms in total. The molecule has 0 saturated carbocycles. The minimum Gasteiger partial charge on any atom is -0.507 e. The van der Waals surface area contributed by atoms with Crippen LogP contribution in [0.1, 0.15) is 70.4 Å². The van der Waals surface area contributed by atoms with Gasteiger partial charge in [0.15, 0.2) is 0 Å². The van der Waals surface area contributed by atoms with Crippen molar-refractivity contribution in [3.05, 3.63) is 106 Å². The Morgan fingerprint density at radius 3 is 2.47 bits per heavy atom. The van der Waals surface area contributed by atoms with E-state index in [1.165, 1.54) is 16.0 Å². The number of carbonyl (C=O) groups excluding carboxylic acids is 3. The number of aromatic nitrogens is 1. The van der Waals surface area contributed by atoms with Crippen molar-refractivity contribution in [2.75, 3.05) is 6.61 Å². The van der Waals surface area contributed by atoms with Crippen molar-refractivity contribution in [2.24, 2.45) is 0 Å². The number of rotatable bonds is 7. The number of pyridine rings is 1. The van der Waals surface area contributed by atoms with Gasteiger partial charge in [0, 0.05) is 24.5 Å². The first-order valence-corrected chi connectivity index (χ1v) is 13.0. The van der Waals surface area contributed by atoms with E-state index in [0.29, 0.717) is 23.3 Å². The van der Waals surface area contributed by atoms with Crippen LogP contribution < -0.4 is 0 Å². The summed E-state index contributed by atoms with van der Waals surface area (Å²) < 4.78 is 5.18. The van der Waals surface area contributed by atoms with Crippen LogP contribution in [-0.4, -0.2) is 39.3 Å². The summed E-state index contributed by atoms with van der Waals surface area (Å²) in [5.74, 6) is -2.00. The van der Waals surface area contributed by atoms with Crippen LogP contribution in [-0.2, 0) is 33.7 Å². The van der Waals surface area contributed by atoms with Crippen LogP contribution in [0.15, 0.2) is 72.6 Å². The number of ketones is 1. The lowest BCUT2D eigenvalue weighted by molar-refractivity contribution is -0.140. The maximum Gasteiger partial charge on any atom is 0.338 e. The number of ether oxygens (including phenoxy) is 1. The normalized spacial score (nSPS) is 18.3. The molecule has 0 spiro atoms. The van der Waals surface area contributed by atoms with Crippen molar-refractivity contribution < 1.29 is 24.2 Å². The third-order valence-corrected chi connectivity index (χ3v) is 7.14. The highest BCUT2D eigenvalue weighted by molar-refractivity contribution is 6.46. The summed E-state index contributed by atoms with van der Waals surface area (Å²) in [5.41, 5.74) is 4.81. The number of carbonyl (C=O) groups is 3. The van der Waals surface area contributed by atoms with Crippen LogP contribution in [0.4, 0.5) is 0 Å². The number of benzene rings is 2. The van der Waals surface area contributed by atoms with E-state index in [9.17, 15) is 19.5 Å². The molecule has 2 aliphatic rings. The Kier molecular flexibility index (Phi) is 7.36. The van der Waals surface area contributed by atoms with Crippen LogP contribution in [0.3, 0.4) is 0 Å². The highest BCUT2D eigenvalue weighted by Gasteiger charge is 2.46. The van der Waals surface area contributed by atoms with Gasteiger partial charge in [-0.05, 0) is 78.6 Å². The quantitative estimate of drug-likeness (QED) is 0.204. The first kappa shape index (κ1) is 25.4. The monoisotopic (exact) mass is 510 g/mol. The number of esters is 1. The predicted octanol–water partition coefficient (Wildman–Crippen LogP) is 5.15. The van der Waals surface area contributed by atoms with Crippen molar-refractivity contribution in [1.29, 1.82) is 0 Å². The Morgan fingerprint density at radius 2 is 1.76 bits per heavy atom. The number of nitrogens with zero attached hydrogens (tertiary/aromatic N) is 2. The van der Waals surface area contributed by atoms with Crippen LogP contribution in [0, 0.1) is 0 Å². The molecule has 2 heterocycles. The molecule has 38 heavy (non-hydrogen) atoms. The molecule has 1 fully saturated rings. The zero-order valence-corrected chi connectivity index (χ0v) is 21.4. The first-order chi connectivity index (χ1) is 18.5. The van der Waals surface area contributed by atoms with E-state index in [2.05, 4.69) is 4.98 Å². The number of hydrogen-bond donors (Lipinski definition) is 1. The van der Waals surface area contributed by atoms with Gasteiger partial charge in [-0.1, -0.05) is 37.3 Å². The predicted molar refractivity (Wildman–Crippen MR) is 142 cm³/mol. The Balaban J connectivity index is 1.50. The second kappa shape index (κ2) is 11.0. The Morgan fingerprint density at radius 1 is 1.03 bits per heavy atom. The summed E-state index contributed by atoms with van der Waals surface area (Å²) in [7, 11) is 0. The summed E-state index contributed by atoms with van der Waals surface area (Å²) in [5, 5.41) is 11.4. The van der Waals surface area contributed by atoms with Crippen molar-refractivity contribution >= 4 is 23.4 Å². The molecule has 3 aromatic rings. The lowest BCUT2D eigenvalue weighted by Gasteiger charge is -2.25. The molecule has 194 valence electrons. The summed E-state index contributed by atoms with van der Waals surface area (Å²) in [4.78, 5) is 44.5. The SMILES string of the molecule is CCCOC(=O)c1ccc(CN2C(=O)C(=O)/C(=C(\O)c3ccc4c(c3)CCCC4)C2c2cccnc2)cc1. The van der Waals surface area contributed by atoms with Crippen molar-refractivity contribution in [3.63, 3.8) is 0 Å². The van der Waals surface area contributed by atoms with E-state index in [0.717, 1.165) is 37.7 Å². The zero-order chi connectivity index (χ0) is 26.6. The van der Waals surface area contributed by atoms with Crippen molar-refractivity contribution in [2.45, 2.75) is 51.6 Å². The first-order valence-electron chi connectivity index (χ1n) is 13.0. The molecule has 1 unspecified atom stereocenters. The minimum absolute atomic E-state index is 0.0542. The molecule has 0 radical (unpaired) electrons. The molecule has 1 amide bonds. The van der Waals surface area contributed by atoms with E-state index in [-0.39, 0.29) is 17.9 Å². The van der Waals surface area contributed by atoms with Gasteiger partial charge < -0.3 is 14.7 Å². The lowest BCUT2D eigenvalue weighted by Crippen LogP contribution is -2.29. The second-order valence-electron chi connectivity index (χ2n) is 9.74. The van der Waals surface area contributed by atoms with Gasteiger partial charge in [0.05, 0.1) is 23.8 Å². The average Bonchev–Trinajstić information content (AvgIpc) is 3.21. The molecule has 5 rings (SSSR count). The van der Waals surface area contributed by atoms with E-state index < -0.39 is 23.7 Å². The summed E-state index contributed by atoms with van der Waals surface area (Å²) in [6.07, 6.45) is 8.13.